The van der Waals surface area contributed by atoms with Crippen molar-refractivity contribution < 1.29 is 4.18 Å². The minimum absolute atomic E-state index is 0.509. The van der Waals surface area contributed by atoms with Gasteiger partial charge in [-0.05, 0) is 26.9 Å². The third kappa shape index (κ3) is 2.25. The molecule has 2 nitrogen and oxygen atoms in total. The van der Waals surface area contributed by atoms with Crippen molar-refractivity contribution in [2.75, 3.05) is 14.1 Å². The second-order valence-corrected chi connectivity index (χ2v) is 4.27. The molecule has 0 radical (unpaired) electrons. The zero-order chi connectivity index (χ0) is 7.56. The van der Waals surface area contributed by atoms with Crippen LogP contribution in [0.5, 0.6) is 0 Å². The Morgan fingerprint density at radius 3 is 2.50 bits per heavy atom. The van der Waals surface area contributed by atoms with E-state index < -0.39 is 0 Å². The van der Waals surface area contributed by atoms with Crippen molar-refractivity contribution in [3.05, 3.63) is 0 Å². The van der Waals surface area contributed by atoms with Crippen molar-refractivity contribution in [2.45, 2.75) is 25.0 Å². The van der Waals surface area contributed by atoms with Crippen LogP contribution in [0.3, 0.4) is 0 Å². The fourth-order valence-corrected chi connectivity index (χ4v) is 2.23. The van der Waals surface area contributed by atoms with Crippen LogP contribution in [0, 0.1) is 0 Å². The normalized spacial score (nSPS) is 32.4. The van der Waals surface area contributed by atoms with Crippen LogP contribution < -0.4 is 0 Å². The Balaban J connectivity index is 2.06. The van der Waals surface area contributed by atoms with E-state index >= 15 is 0 Å². The number of hydrogen-bond donors (Lipinski definition) is 0. The lowest BCUT2D eigenvalue weighted by Crippen LogP contribution is -2.43. The standard InChI is InChI=1S/C6H12INOS/c1-8(2)5-3-6(4-5)9-10-7/h5-6H,3-4H2,1-2H3/t5-,6+. The van der Waals surface area contributed by atoms with Gasteiger partial charge < -0.3 is 9.08 Å². The summed E-state index contributed by atoms with van der Waals surface area (Å²) in [5, 5.41) is 0. The maximum absolute atomic E-state index is 5.33. The first kappa shape index (κ1) is 9.09. The molecule has 0 spiro atoms. The second kappa shape index (κ2) is 4.13. The van der Waals surface area contributed by atoms with Crippen LogP contribution in [-0.2, 0) is 4.18 Å². The molecule has 10 heavy (non-hydrogen) atoms. The molecule has 0 bridgehead atoms. The van der Waals surface area contributed by atoms with E-state index in [1.54, 1.807) is 0 Å². The number of hydrogen-bond acceptors (Lipinski definition) is 3. The van der Waals surface area contributed by atoms with Crippen LogP contribution in [0.1, 0.15) is 12.8 Å². The molecule has 0 atom stereocenters. The molecule has 0 aliphatic heterocycles. The molecular weight excluding hydrogens is 261 g/mol. The van der Waals surface area contributed by atoms with Crippen molar-refractivity contribution in [2.24, 2.45) is 0 Å². The molecule has 4 heteroatoms. The molecule has 1 aliphatic carbocycles. The first-order valence-electron chi connectivity index (χ1n) is 3.34. The Morgan fingerprint density at radius 1 is 1.50 bits per heavy atom. The summed E-state index contributed by atoms with van der Waals surface area (Å²) in [5.74, 6) is 0. The van der Waals surface area contributed by atoms with Gasteiger partial charge in [0.15, 0.2) is 0 Å². The summed E-state index contributed by atoms with van der Waals surface area (Å²) in [7, 11) is 5.70. The average Bonchev–Trinajstić information content (AvgIpc) is 1.76. The van der Waals surface area contributed by atoms with Gasteiger partial charge in [0, 0.05) is 27.2 Å². The first-order valence-corrected chi connectivity index (χ1v) is 6.63. The molecule has 0 heterocycles. The van der Waals surface area contributed by atoms with Gasteiger partial charge in [-0.15, -0.1) is 0 Å². The van der Waals surface area contributed by atoms with Crippen molar-refractivity contribution in [3.63, 3.8) is 0 Å². The highest BCUT2D eigenvalue weighted by molar-refractivity contribution is 14.2. The zero-order valence-electron chi connectivity index (χ0n) is 6.21. The average molecular weight is 273 g/mol. The Labute approximate surface area is 78.5 Å². The van der Waals surface area contributed by atoms with Crippen molar-refractivity contribution in [1.82, 2.24) is 4.90 Å². The van der Waals surface area contributed by atoms with Crippen LogP contribution in [-0.4, -0.2) is 31.1 Å². The second-order valence-electron chi connectivity index (χ2n) is 2.87. The Morgan fingerprint density at radius 2 is 2.10 bits per heavy atom. The highest BCUT2D eigenvalue weighted by Gasteiger charge is 2.31. The van der Waals surface area contributed by atoms with Crippen molar-refractivity contribution in [1.29, 1.82) is 0 Å². The van der Waals surface area contributed by atoms with Gasteiger partial charge in [-0.2, -0.15) is 0 Å². The van der Waals surface area contributed by atoms with Gasteiger partial charge in [0.25, 0.3) is 0 Å². The molecule has 0 amide bonds. The summed E-state index contributed by atoms with van der Waals surface area (Å²) >= 11 is 2.17. The van der Waals surface area contributed by atoms with Gasteiger partial charge in [0.2, 0.25) is 0 Å². The van der Waals surface area contributed by atoms with Crippen LogP contribution in [0.15, 0.2) is 0 Å². The summed E-state index contributed by atoms with van der Waals surface area (Å²) < 4.78 is 5.33. The van der Waals surface area contributed by atoms with E-state index in [0.717, 1.165) is 6.04 Å². The van der Waals surface area contributed by atoms with E-state index in [1.807, 2.05) is 0 Å². The molecular formula is C6H12INOS. The van der Waals surface area contributed by atoms with Crippen LogP contribution in [0.2, 0.25) is 0 Å². The van der Waals surface area contributed by atoms with Gasteiger partial charge in [0.1, 0.15) is 0 Å². The van der Waals surface area contributed by atoms with Crippen LogP contribution in [0.4, 0.5) is 0 Å². The maximum atomic E-state index is 5.33. The fourth-order valence-electron chi connectivity index (χ4n) is 1.09. The molecule has 60 valence electrons. The minimum atomic E-state index is 0.509. The quantitative estimate of drug-likeness (QED) is 0.577. The molecule has 1 saturated carbocycles. The SMILES string of the molecule is CN(C)[C@H]1C[C@@H](OSI)C1. The highest BCUT2D eigenvalue weighted by Crippen LogP contribution is 2.31. The van der Waals surface area contributed by atoms with E-state index in [9.17, 15) is 0 Å². The minimum Gasteiger partial charge on any atom is -0.306 e. The fraction of sp³-hybridized carbons (Fsp3) is 1.00. The Hall–Kier alpha value is 1.00. The molecule has 0 unspecified atom stereocenters. The molecule has 1 fully saturated rings. The molecule has 0 saturated heterocycles. The lowest BCUT2D eigenvalue weighted by molar-refractivity contribution is 0.0565. The lowest BCUT2D eigenvalue weighted by atomic mass is 9.89. The Kier molecular flexibility index (Phi) is 3.76. The summed E-state index contributed by atoms with van der Waals surface area (Å²) in [6.07, 6.45) is 2.90. The largest absolute Gasteiger partial charge is 0.306 e. The summed E-state index contributed by atoms with van der Waals surface area (Å²) in [5.41, 5.74) is 0. The van der Waals surface area contributed by atoms with E-state index in [-0.39, 0.29) is 0 Å². The number of halogens is 1. The predicted molar refractivity (Wildman–Crippen MR) is 53.2 cm³/mol. The summed E-state index contributed by atoms with van der Waals surface area (Å²) in [6.45, 7) is 0. The molecule has 1 rings (SSSR count). The first-order chi connectivity index (χ1) is 4.74. The van der Waals surface area contributed by atoms with Crippen molar-refractivity contribution in [3.8, 4) is 0 Å². The van der Waals surface area contributed by atoms with Gasteiger partial charge in [0.05, 0.1) is 15.3 Å². The van der Waals surface area contributed by atoms with Crippen molar-refractivity contribution >= 4 is 30.4 Å². The predicted octanol–water partition coefficient (Wildman–Crippen LogP) is 2.09. The van der Waals surface area contributed by atoms with Gasteiger partial charge in [-0.3, -0.25) is 0 Å². The lowest BCUT2D eigenvalue weighted by Gasteiger charge is -2.38. The van der Waals surface area contributed by atoms with E-state index in [4.69, 9.17) is 4.18 Å². The van der Waals surface area contributed by atoms with Crippen LogP contribution >= 0.6 is 30.4 Å². The third-order valence-electron chi connectivity index (χ3n) is 1.97. The van der Waals surface area contributed by atoms with Gasteiger partial charge in [-0.25, -0.2) is 0 Å². The number of nitrogens with zero attached hydrogens (tertiary/aromatic N) is 1. The van der Waals surface area contributed by atoms with Crippen LogP contribution in [0.25, 0.3) is 0 Å². The van der Waals surface area contributed by atoms with E-state index in [0.29, 0.717) is 6.10 Å². The molecule has 0 N–H and O–H groups in total. The summed E-state index contributed by atoms with van der Waals surface area (Å²) in [6, 6.07) is 0.758. The van der Waals surface area contributed by atoms with E-state index in [1.165, 1.54) is 22.1 Å². The molecule has 0 aromatic heterocycles. The van der Waals surface area contributed by atoms with Gasteiger partial charge >= 0.3 is 0 Å². The number of rotatable bonds is 3. The summed E-state index contributed by atoms with van der Waals surface area (Å²) in [4.78, 5) is 2.26. The maximum Gasteiger partial charge on any atom is 0.0761 e. The van der Waals surface area contributed by atoms with E-state index in [2.05, 4.69) is 40.2 Å². The smallest absolute Gasteiger partial charge is 0.0761 e. The highest BCUT2D eigenvalue weighted by atomic mass is 127. The molecule has 0 aromatic rings. The topological polar surface area (TPSA) is 12.5 Å². The Bertz CT molecular complexity index is 106. The molecule has 1 aliphatic rings. The molecule has 0 aromatic carbocycles. The third-order valence-corrected chi connectivity index (χ3v) is 2.94. The zero-order valence-corrected chi connectivity index (χ0v) is 9.18. The monoisotopic (exact) mass is 273 g/mol. The van der Waals surface area contributed by atoms with Gasteiger partial charge in [-0.1, -0.05) is 0 Å².